The number of piperazine rings is 1. The van der Waals surface area contributed by atoms with Crippen molar-refractivity contribution >= 4 is 11.8 Å². The predicted molar refractivity (Wildman–Crippen MR) is 124 cm³/mol. The normalized spacial score (nSPS) is 49.2. The lowest BCUT2D eigenvalue weighted by molar-refractivity contribution is -0.156. The van der Waals surface area contributed by atoms with Gasteiger partial charge in [0, 0.05) is 37.0 Å². The highest BCUT2D eigenvalue weighted by Gasteiger charge is 2.54. The molecule has 0 aromatic heterocycles. The third-order valence-electron chi connectivity index (χ3n) is 11.5. The molecule has 0 aromatic rings. The number of carbonyl (C=O) groups is 2. The SMILES string of the molecule is O=C(N1CCN(C(=O)C23CCC4C[C@@H](C[C@H](C4)C2)C3)CC1)C12CCC3C[C@H](C[C@H](C3)C1)C2. The largest absolute Gasteiger partial charge is 0.339 e. The molecule has 1 aliphatic heterocycles. The summed E-state index contributed by atoms with van der Waals surface area (Å²) in [5.41, 5.74) is -0.106. The molecule has 0 radical (unpaired) electrons. The molecular formula is C28H42N2O2. The first-order valence-electron chi connectivity index (χ1n) is 14.1. The monoisotopic (exact) mass is 438 g/mol. The van der Waals surface area contributed by atoms with Gasteiger partial charge in [0.15, 0.2) is 0 Å². The second-order valence-corrected chi connectivity index (χ2v) is 13.6. The molecule has 9 rings (SSSR count). The topological polar surface area (TPSA) is 40.6 Å². The average Bonchev–Trinajstić information content (AvgIpc) is 3.13. The van der Waals surface area contributed by atoms with Crippen LogP contribution < -0.4 is 0 Å². The maximum atomic E-state index is 13.9. The summed E-state index contributed by atoms with van der Waals surface area (Å²) in [4.78, 5) is 32.1. The van der Waals surface area contributed by atoms with E-state index in [0.717, 1.165) is 100 Å². The summed E-state index contributed by atoms with van der Waals surface area (Å²) < 4.78 is 0. The van der Waals surface area contributed by atoms with Crippen molar-refractivity contribution in [1.82, 2.24) is 9.80 Å². The van der Waals surface area contributed by atoms with Crippen molar-refractivity contribution in [1.29, 1.82) is 0 Å². The molecular weight excluding hydrogens is 396 g/mol. The lowest BCUT2D eigenvalue weighted by Gasteiger charge is -2.49. The van der Waals surface area contributed by atoms with E-state index in [1.165, 1.54) is 51.4 Å². The van der Waals surface area contributed by atoms with Gasteiger partial charge >= 0.3 is 0 Å². The van der Waals surface area contributed by atoms with Crippen LogP contribution in [0.4, 0.5) is 0 Å². The van der Waals surface area contributed by atoms with Crippen molar-refractivity contribution < 1.29 is 9.59 Å². The molecule has 32 heavy (non-hydrogen) atoms. The van der Waals surface area contributed by atoms with E-state index in [2.05, 4.69) is 9.80 Å². The van der Waals surface area contributed by atoms with Gasteiger partial charge in [-0.3, -0.25) is 9.59 Å². The predicted octanol–water partition coefficient (Wildman–Crippen LogP) is 4.87. The number of carbonyl (C=O) groups excluding carboxylic acids is 2. The Balaban J connectivity index is 1.04. The molecule has 1 saturated heterocycles. The number of hydrogen-bond acceptors (Lipinski definition) is 2. The second kappa shape index (κ2) is 7.22. The minimum atomic E-state index is -0.0530. The van der Waals surface area contributed by atoms with Crippen LogP contribution in [0.15, 0.2) is 0 Å². The molecule has 0 spiro atoms. The lowest BCUT2D eigenvalue weighted by atomic mass is 9.61. The zero-order chi connectivity index (χ0) is 21.5. The van der Waals surface area contributed by atoms with E-state index in [9.17, 15) is 9.59 Å². The van der Waals surface area contributed by atoms with E-state index in [1.54, 1.807) is 0 Å². The molecule has 2 unspecified atom stereocenters. The van der Waals surface area contributed by atoms with Gasteiger partial charge in [-0.25, -0.2) is 0 Å². The highest BCUT2D eigenvalue weighted by Crippen LogP contribution is 2.59. The zero-order valence-electron chi connectivity index (χ0n) is 19.9. The van der Waals surface area contributed by atoms with Gasteiger partial charge in [-0.05, 0) is 125 Å². The van der Waals surface area contributed by atoms with Crippen LogP contribution in [0.1, 0.15) is 89.9 Å². The summed E-state index contributed by atoms with van der Waals surface area (Å²) >= 11 is 0. The van der Waals surface area contributed by atoms with Crippen LogP contribution in [0.25, 0.3) is 0 Å². The Bertz CT molecular complexity index is 705. The Kier molecular flexibility index (Phi) is 4.58. The Labute approximate surface area is 193 Å². The van der Waals surface area contributed by atoms with Gasteiger partial charge in [-0.2, -0.15) is 0 Å². The van der Waals surface area contributed by atoms with Crippen molar-refractivity contribution in [3.05, 3.63) is 0 Å². The van der Waals surface area contributed by atoms with Crippen molar-refractivity contribution in [3.8, 4) is 0 Å². The van der Waals surface area contributed by atoms with Crippen LogP contribution in [0.3, 0.4) is 0 Å². The fraction of sp³-hybridized carbons (Fsp3) is 0.929. The number of hydrogen-bond donors (Lipinski definition) is 0. The first-order chi connectivity index (χ1) is 15.5. The molecule has 176 valence electrons. The maximum absolute atomic E-state index is 13.9. The molecule has 0 aromatic carbocycles. The Morgan fingerprint density at radius 3 is 1.16 bits per heavy atom. The van der Waals surface area contributed by atoms with Gasteiger partial charge in [0.25, 0.3) is 0 Å². The number of fused-ring (bicyclic) bond motifs is 2. The lowest BCUT2D eigenvalue weighted by Crippen LogP contribution is -2.58. The molecule has 0 N–H and O–H groups in total. The summed E-state index contributed by atoms with van der Waals surface area (Å²) in [6.07, 6.45) is 17.8. The number of nitrogens with zero attached hydrogens (tertiary/aromatic N) is 2. The van der Waals surface area contributed by atoms with E-state index < -0.39 is 0 Å². The number of amides is 2. The molecule has 8 aliphatic carbocycles. The molecule has 2 amide bonds. The minimum absolute atomic E-state index is 0.0530. The van der Waals surface area contributed by atoms with Gasteiger partial charge in [-0.15, -0.1) is 0 Å². The van der Waals surface area contributed by atoms with Crippen molar-refractivity contribution in [3.63, 3.8) is 0 Å². The van der Waals surface area contributed by atoms with E-state index in [1.807, 2.05) is 0 Å². The Hall–Kier alpha value is -1.06. The smallest absolute Gasteiger partial charge is 0.228 e. The van der Waals surface area contributed by atoms with E-state index in [-0.39, 0.29) is 10.8 Å². The molecule has 9 fully saturated rings. The van der Waals surface area contributed by atoms with Gasteiger partial charge in [0.05, 0.1) is 0 Å². The minimum Gasteiger partial charge on any atom is -0.339 e. The third kappa shape index (κ3) is 3.13. The molecule has 6 atom stereocenters. The molecule has 4 heteroatoms. The van der Waals surface area contributed by atoms with E-state index >= 15 is 0 Å². The Morgan fingerprint density at radius 1 is 0.500 bits per heavy atom. The summed E-state index contributed by atoms with van der Waals surface area (Å²) in [6, 6.07) is 0. The molecule has 9 aliphatic rings. The van der Waals surface area contributed by atoms with Gasteiger partial charge in [0.2, 0.25) is 11.8 Å². The molecule has 8 saturated carbocycles. The van der Waals surface area contributed by atoms with Crippen LogP contribution in [0.5, 0.6) is 0 Å². The van der Waals surface area contributed by atoms with Crippen LogP contribution in [0, 0.1) is 46.3 Å². The molecule has 1 heterocycles. The highest BCUT2D eigenvalue weighted by atomic mass is 16.2. The van der Waals surface area contributed by atoms with Crippen LogP contribution in [-0.2, 0) is 9.59 Å². The summed E-state index contributed by atoms with van der Waals surface area (Å²) in [5, 5.41) is 0. The zero-order valence-corrected chi connectivity index (χ0v) is 19.9. The maximum Gasteiger partial charge on any atom is 0.228 e. The van der Waals surface area contributed by atoms with Crippen LogP contribution >= 0.6 is 0 Å². The quantitative estimate of drug-likeness (QED) is 0.617. The summed E-state index contributed by atoms with van der Waals surface area (Å²) in [6.45, 7) is 3.10. The first-order valence-corrected chi connectivity index (χ1v) is 14.1. The molecule has 8 bridgehead atoms. The second-order valence-electron chi connectivity index (χ2n) is 13.6. The summed E-state index contributed by atoms with van der Waals surface area (Å²) in [7, 11) is 0. The van der Waals surface area contributed by atoms with Gasteiger partial charge in [-0.1, -0.05) is 0 Å². The van der Waals surface area contributed by atoms with E-state index in [4.69, 9.17) is 0 Å². The van der Waals surface area contributed by atoms with Gasteiger partial charge < -0.3 is 9.80 Å². The van der Waals surface area contributed by atoms with Crippen molar-refractivity contribution in [2.24, 2.45) is 46.3 Å². The standard InChI is InChI=1S/C28H42N2O2/c31-25(27-3-1-19-9-21(15-27)13-22(10-19)16-27)29-5-7-30(8-6-29)26(32)28-4-2-20-11-23(17-28)14-24(12-20)18-28/h19-24H,1-18H2/t19?,20?,21-,22-,23-,24+,27?,28?/m0/s1. The summed E-state index contributed by atoms with van der Waals surface area (Å²) in [5.74, 6) is 5.96. The average molecular weight is 439 g/mol. The Morgan fingerprint density at radius 2 is 0.812 bits per heavy atom. The van der Waals surface area contributed by atoms with E-state index in [0.29, 0.717) is 11.8 Å². The fourth-order valence-electron chi connectivity index (χ4n) is 10.6. The van der Waals surface area contributed by atoms with Crippen LogP contribution in [-0.4, -0.2) is 47.8 Å². The fourth-order valence-corrected chi connectivity index (χ4v) is 10.6. The highest BCUT2D eigenvalue weighted by molar-refractivity contribution is 5.85. The van der Waals surface area contributed by atoms with Gasteiger partial charge in [0.1, 0.15) is 0 Å². The number of rotatable bonds is 2. The van der Waals surface area contributed by atoms with Crippen molar-refractivity contribution in [2.75, 3.05) is 26.2 Å². The van der Waals surface area contributed by atoms with Crippen LogP contribution in [0.2, 0.25) is 0 Å². The van der Waals surface area contributed by atoms with Crippen molar-refractivity contribution in [2.45, 2.75) is 89.9 Å². The molecule has 4 nitrogen and oxygen atoms in total. The third-order valence-corrected chi connectivity index (χ3v) is 11.5. The first kappa shape index (κ1) is 20.3.